The Bertz CT molecular complexity index is 236. The fourth-order valence-electron chi connectivity index (χ4n) is 2.75. The van der Waals surface area contributed by atoms with Crippen molar-refractivity contribution in [2.75, 3.05) is 26.2 Å². The topological polar surface area (TPSA) is 52.6 Å². The van der Waals surface area contributed by atoms with Crippen LogP contribution in [0.15, 0.2) is 0 Å². The van der Waals surface area contributed by atoms with Crippen molar-refractivity contribution in [1.29, 1.82) is 0 Å². The minimum absolute atomic E-state index is 0.424. The first-order valence-electron chi connectivity index (χ1n) is 6.71. The zero-order valence-corrected chi connectivity index (χ0v) is 11.3. The minimum atomic E-state index is -0.732. The van der Waals surface area contributed by atoms with Crippen molar-refractivity contribution >= 4 is 5.97 Å². The quantitative estimate of drug-likeness (QED) is 0.739. The summed E-state index contributed by atoms with van der Waals surface area (Å²) in [4.78, 5) is 13.4. The molecule has 100 valence electrons. The summed E-state index contributed by atoms with van der Waals surface area (Å²) < 4.78 is 0. The van der Waals surface area contributed by atoms with Crippen molar-refractivity contribution in [3.63, 3.8) is 0 Å². The molecule has 0 aromatic carbocycles. The number of nitrogens with zero attached hydrogens (tertiary/aromatic N) is 1. The van der Waals surface area contributed by atoms with Crippen LogP contribution in [0, 0.1) is 11.8 Å². The van der Waals surface area contributed by atoms with Crippen molar-refractivity contribution in [3.05, 3.63) is 0 Å². The molecule has 4 nitrogen and oxygen atoms in total. The lowest BCUT2D eigenvalue weighted by molar-refractivity contribution is -0.140. The number of likely N-dealkylation sites (tertiary alicyclic amines) is 1. The molecule has 1 rings (SSSR count). The van der Waals surface area contributed by atoms with Gasteiger partial charge in [0.25, 0.3) is 0 Å². The molecule has 0 radical (unpaired) electrons. The highest BCUT2D eigenvalue weighted by Gasteiger charge is 2.26. The standard InChI is InChI=1S/C13H26N2O2/c1-4-5-14-12(13(16)17)9-15-7-10(2)6-11(3)8-15/h10-12,14H,4-9H2,1-3H3,(H,16,17). The number of hydrogen-bond acceptors (Lipinski definition) is 3. The van der Waals surface area contributed by atoms with Crippen LogP contribution in [0.25, 0.3) is 0 Å². The first-order chi connectivity index (χ1) is 8.02. The Hall–Kier alpha value is -0.610. The first kappa shape index (κ1) is 14.5. The molecule has 1 aliphatic heterocycles. The van der Waals surface area contributed by atoms with Crippen LogP contribution >= 0.6 is 0 Å². The van der Waals surface area contributed by atoms with Crippen LogP contribution < -0.4 is 5.32 Å². The SMILES string of the molecule is CCCNC(CN1CC(C)CC(C)C1)C(=O)O. The molecule has 0 amide bonds. The number of hydrogen-bond donors (Lipinski definition) is 2. The smallest absolute Gasteiger partial charge is 0.322 e. The Balaban J connectivity index is 2.45. The van der Waals surface area contributed by atoms with Crippen LogP contribution in [0.2, 0.25) is 0 Å². The molecule has 1 heterocycles. The summed E-state index contributed by atoms with van der Waals surface area (Å²) in [7, 11) is 0. The summed E-state index contributed by atoms with van der Waals surface area (Å²) >= 11 is 0. The third-order valence-electron chi connectivity index (χ3n) is 3.32. The third kappa shape index (κ3) is 5.04. The molecule has 3 unspecified atom stereocenters. The molecule has 0 aliphatic carbocycles. The molecule has 0 saturated carbocycles. The zero-order chi connectivity index (χ0) is 12.8. The number of aliphatic carboxylic acids is 1. The van der Waals surface area contributed by atoms with Crippen LogP contribution in [0.4, 0.5) is 0 Å². The maximum absolute atomic E-state index is 11.2. The van der Waals surface area contributed by atoms with Gasteiger partial charge in [-0.15, -0.1) is 0 Å². The number of carboxylic acid groups (broad SMARTS) is 1. The lowest BCUT2D eigenvalue weighted by Crippen LogP contribution is -2.50. The molecule has 0 bridgehead atoms. The van der Waals surface area contributed by atoms with E-state index in [1.807, 2.05) is 0 Å². The second-order valence-electron chi connectivity index (χ2n) is 5.51. The van der Waals surface area contributed by atoms with E-state index < -0.39 is 12.0 Å². The highest BCUT2D eigenvalue weighted by Crippen LogP contribution is 2.20. The number of carboxylic acids is 1. The molecule has 2 N–H and O–H groups in total. The van der Waals surface area contributed by atoms with Gasteiger partial charge in [-0.1, -0.05) is 20.8 Å². The van der Waals surface area contributed by atoms with E-state index in [0.29, 0.717) is 18.4 Å². The number of rotatable bonds is 6. The van der Waals surface area contributed by atoms with Crippen molar-refractivity contribution in [2.24, 2.45) is 11.8 Å². The van der Waals surface area contributed by atoms with Crippen molar-refractivity contribution < 1.29 is 9.90 Å². The molecule has 1 saturated heterocycles. The molecule has 0 spiro atoms. The molecule has 3 atom stereocenters. The molecule has 17 heavy (non-hydrogen) atoms. The van der Waals surface area contributed by atoms with Gasteiger partial charge in [0, 0.05) is 19.6 Å². The van der Waals surface area contributed by atoms with Gasteiger partial charge < -0.3 is 15.3 Å². The predicted molar refractivity (Wildman–Crippen MR) is 69.1 cm³/mol. The van der Waals surface area contributed by atoms with Gasteiger partial charge in [-0.3, -0.25) is 4.79 Å². The first-order valence-corrected chi connectivity index (χ1v) is 6.71. The van der Waals surface area contributed by atoms with Crippen molar-refractivity contribution in [3.8, 4) is 0 Å². The van der Waals surface area contributed by atoms with E-state index in [-0.39, 0.29) is 0 Å². The van der Waals surface area contributed by atoms with Gasteiger partial charge in [0.2, 0.25) is 0 Å². The monoisotopic (exact) mass is 242 g/mol. The summed E-state index contributed by atoms with van der Waals surface area (Å²) in [5.41, 5.74) is 0. The van der Waals surface area contributed by atoms with Crippen molar-refractivity contribution in [1.82, 2.24) is 10.2 Å². The lowest BCUT2D eigenvalue weighted by Gasteiger charge is -2.36. The van der Waals surface area contributed by atoms with Gasteiger partial charge >= 0.3 is 5.97 Å². The van der Waals surface area contributed by atoms with Crippen LogP contribution in [0.3, 0.4) is 0 Å². The van der Waals surface area contributed by atoms with E-state index >= 15 is 0 Å². The van der Waals surface area contributed by atoms with Crippen molar-refractivity contribution in [2.45, 2.75) is 39.7 Å². The Morgan fingerprint density at radius 3 is 2.47 bits per heavy atom. The highest BCUT2D eigenvalue weighted by atomic mass is 16.4. The molecule has 1 fully saturated rings. The van der Waals surface area contributed by atoms with Gasteiger partial charge in [0.05, 0.1) is 0 Å². The summed E-state index contributed by atoms with van der Waals surface area (Å²) in [6.45, 7) is 10.0. The number of carbonyl (C=O) groups is 1. The molecule has 0 aromatic heterocycles. The van der Waals surface area contributed by atoms with E-state index in [0.717, 1.165) is 26.1 Å². The summed E-state index contributed by atoms with van der Waals surface area (Å²) in [5, 5.41) is 12.3. The summed E-state index contributed by atoms with van der Waals surface area (Å²) in [6, 6.07) is -0.424. The summed E-state index contributed by atoms with van der Waals surface area (Å²) in [6.07, 6.45) is 2.23. The summed E-state index contributed by atoms with van der Waals surface area (Å²) in [5.74, 6) is 0.628. The molecule has 1 aliphatic rings. The van der Waals surface area contributed by atoms with E-state index in [9.17, 15) is 9.90 Å². The van der Waals surface area contributed by atoms with E-state index in [1.165, 1.54) is 6.42 Å². The normalized spacial score (nSPS) is 27.9. The Kier molecular flexibility index (Phi) is 5.92. The molecular weight excluding hydrogens is 216 g/mol. The molecule has 0 aromatic rings. The lowest BCUT2D eigenvalue weighted by atomic mass is 9.91. The van der Waals surface area contributed by atoms with Crippen LogP contribution in [0.1, 0.15) is 33.6 Å². The van der Waals surface area contributed by atoms with Gasteiger partial charge in [-0.2, -0.15) is 0 Å². The zero-order valence-electron chi connectivity index (χ0n) is 11.3. The van der Waals surface area contributed by atoms with Crippen LogP contribution in [0.5, 0.6) is 0 Å². The van der Waals surface area contributed by atoms with E-state index in [2.05, 4.69) is 31.0 Å². The van der Waals surface area contributed by atoms with Gasteiger partial charge in [-0.25, -0.2) is 0 Å². The van der Waals surface area contributed by atoms with E-state index in [4.69, 9.17) is 0 Å². The Morgan fingerprint density at radius 2 is 2.00 bits per heavy atom. The fourth-order valence-corrected chi connectivity index (χ4v) is 2.75. The Labute approximate surface area is 104 Å². The maximum atomic E-state index is 11.2. The second kappa shape index (κ2) is 6.97. The van der Waals surface area contributed by atoms with Gasteiger partial charge in [0.1, 0.15) is 6.04 Å². The number of piperidine rings is 1. The molecule has 4 heteroatoms. The minimum Gasteiger partial charge on any atom is -0.480 e. The molecular formula is C13H26N2O2. The average molecular weight is 242 g/mol. The van der Waals surface area contributed by atoms with Crippen LogP contribution in [-0.2, 0) is 4.79 Å². The van der Waals surface area contributed by atoms with Gasteiger partial charge in [-0.05, 0) is 31.2 Å². The second-order valence-corrected chi connectivity index (χ2v) is 5.51. The largest absolute Gasteiger partial charge is 0.480 e. The third-order valence-corrected chi connectivity index (χ3v) is 3.32. The fraction of sp³-hybridized carbons (Fsp3) is 0.923. The Morgan fingerprint density at radius 1 is 1.41 bits per heavy atom. The average Bonchev–Trinajstić information content (AvgIpc) is 2.22. The van der Waals surface area contributed by atoms with Crippen LogP contribution in [-0.4, -0.2) is 48.2 Å². The maximum Gasteiger partial charge on any atom is 0.322 e. The van der Waals surface area contributed by atoms with Gasteiger partial charge in [0.15, 0.2) is 0 Å². The highest BCUT2D eigenvalue weighted by molar-refractivity contribution is 5.73. The number of nitrogens with one attached hydrogen (secondary N) is 1. The predicted octanol–water partition coefficient (Wildman–Crippen LogP) is 1.42. The van der Waals surface area contributed by atoms with E-state index in [1.54, 1.807) is 0 Å².